The molecule has 7 rings (SSSR count). The second-order valence-electron chi connectivity index (χ2n) is 10.1. The van der Waals surface area contributed by atoms with Crippen molar-refractivity contribution in [1.82, 2.24) is 9.97 Å². The van der Waals surface area contributed by atoms with Crippen LogP contribution in [-0.2, 0) is 0 Å². The molecule has 0 aliphatic heterocycles. The standard InChI is InChI=1S/C24H16N2.C15H14O2.Eu/c1-3-7-17(8-4-1)19-13-15-25-23-21(19)11-12-22-20(14-16-26-24(22)23)18-9-5-2-6-10-18;16-14(12-7-3-1-4-8-12)11-15(17)13-9-5-2-6-10-13;/h1-16H;1-11,14,16-17H;. The number of benzene rings is 5. The van der Waals surface area contributed by atoms with Crippen molar-refractivity contribution in [1.29, 1.82) is 0 Å². The summed E-state index contributed by atoms with van der Waals surface area (Å²) in [4.78, 5) is 9.34. The number of fused-ring (bicyclic) bond motifs is 3. The summed E-state index contributed by atoms with van der Waals surface area (Å²) in [7, 11) is 0. The smallest absolute Gasteiger partial charge is 0.121 e. The van der Waals surface area contributed by atoms with E-state index in [0.717, 1.165) is 27.4 Å². The minimum atomic E-state index is -0.795. The molecule has 1 unspecified atom stereocenters. The molecule has 4 nitrogen and oxygen atoms in total. The van der Waals surface area contributed by atoms with Gasteiger partial charge in [0.15, 0.2) is 0 Å². The third-order valence-corrected chi connectivity index (χ3v) is 7.32. The van der Waals surface area contributed by atoms with Gasteiger partial charge in [-0.3, -0.25) is 9.97 Å². The van der Waals surface area contributed by atoms with Crippen LogP contribution in [0.2, 0.25) is 0 Å². The molecule has 2 aromatic heterocycles. The Morgan fingerprint density at radius 1 is 0.523 bits per heavy atom. The zero-order valence-corrected chi connectivity index (χ0v) is 26.3. The fraction of sp³-hybridized carbons (Fsp3) is 0.0256. The number of aromatic nitrogens is 2. The zero-order valence-electron chi connectivity index (χ0n) is 23.8. The first-order valence-corrected chi connectivity index (χ1v) is 14.2. The van der Waals surface area contributed by atoms with Gasteiger partial charge in [-0.05, 0) is 46.0 Å². The number of aliphatic hydroxyl groups excluding tert-OH is 2. The molecular formula is C39H30EuN2O2. The minimum Gasteiger partial charge on any atom is -0.508 e. The predicted molar refractivity (Wildman–Crippen MR) is 176 cm³/mol. The Morgan fingerprint density at radius 2 is 0.932 bits per heavy atom. The van der Waals surface area contributed by atoms with E-state index in [0.29, 0.717) is 5.56 Å². The topological polar surface area (TPSA) is 66.2 Å². The second kappa shape index (κ2) is 15.1. The molecule has 0 saturated heterocycles. The Kier molecular flexibility index (Phi) is 10.8. The van der Waals surface area contributed by atoms with Crippen LogP contribution in [0.5, 0.6) is 0 Å². The maximum absolute atomic E-state index is 9.92. The molecule has 0 aliphatic carbocycles. The number of aliphatic hydroxyl groups is 2. The fourth-order valence-electron chi connectivity index (χ4n) is 5.17. The molecule has 0 spiro atoms. The van der Waals surface area contributed by atoms with E-state index in [1.807, 2.05) is 73.1 Å². The maximum atomic E-state index is 9.92. The average molecular weight is 711 g/mol. The first kappa shape index (κ1) is 31.4. The molecular weight excluding hydrogens is 680 g/mol. The van der Waals surface area contributed by atoms with Gasteiger partial charge in [-0.1, -0.05) is 133 Å². The first-order chi connectivity index (χ1) is 21.2. The Morgan fingerprint density at radius 3 is 1.39 bits per heavy atom. The summed E-state index contributed by atoms with van der Waals surface area (Å²) in [6.07, 6.45) is 4.39. The number of pyridine rings is 2. The Hall–Kier alpha value is -4.00. The van der Waals surface area contributed by atoms with Crippen molar-refractivity contribution in [2.24, 2.45) is 0 Å². The van der Waals surface area contributed by atoms with Gasteiger partial charge in [0, 0.05) is 78.1 Å². The van der Waals surface area contributed by atoms with Crippen LogP contribution >= 0.6 is 0 Å². The van der Waals surface area contributed by atoms with Gasteiger partial charge in [-0.25, -0.2) is 0 Å². The second-order valence-corrected chi connectivity index (χ2v) is 10.1. The van der Waals surface area contributed by atoms with Crippen LogP contribution in [0.25, 0.3) is 49.8 Å². The maximum Gasteiger partial charge on any atom is 0.121 e. The van der Waals surface area contributed by atoms with E-state index in [1.54, 1.807) is 12.1 Å². The van der Waals surface area contributed by atoms with Gasteiger partial charge >= 0.3 is 0 Å². The van der Waals surface area contributed by atoms with Crippen molar-refractivity contribution in [2.45, 2.75) is 6.10 Å². The number of rotatable bonds is 5. The SMILES string of the molecule is OC(=CC(O)c1ccccc1)c1ccccc1.[Eu].c1ccc(-c2ccnc3c2ccc2c(-c4ccccc4)ccnc23)cc1. The largest absolute Gasteiger partial charge is 0.508 e. The van der Waals surface area contributed by atoms with Gasteiger partial charge in [-0.2, -0.15) is 0 Å². The van der Waals surface area contributed by atoms with Crippen molar-refractivity contribution < 1.29 is 59.6 Å². The van der Waals surface area contributed by atoms with E-state index in [4.69, 9.17) is 0 Å². The van der Waals surface area contributed by atoms with Crippen LogP contribution in [0.1, 0.15) is 17.2 Å². The van der Waals surface area contributed by atoms with Crippen molar-refractivity contribution in [3.63, 3.8) is 0 Å². The molecule has 1 radical (unpaired) electrons. The van der Waals surface area contributed by atoms with E-state index in [1.165, 1.54) is 28.3 Å². The van der Waals surface area contributed by atoms with Gasteiger partial charge in [0.25, 0.3) is 0 Å². The molecule has 7 aromatic rings. The fourth-order valence-corrected chi connectivity index (χ4v) is 5.17. The van der Waals surface area contributed by atoms with Gasteiger partial charge in [-0.15, -0.1) is 0 Å². The quantitative estimate of drug-likeness (QED) is 0.138. The molecule has 215 valence electrons. The van der Waals surface area contributed by atoms with E-state index >= 15 is 0 Å². The molecule has 5 aromatic carbocycles. The molecule has 0 aliphatic rings. The van der Waals surface area contributed by atoms with E-state index in [2.05, 4.69) is 82.8 Å². The third kappa shape index (κ3) is 7.20. The zero-order chi connectivity index (χ0) is 29.4. The third-order valence-electron chi connectivity index (χ3n) is 7.32. The number of nitrogens with zero attached hydrogens (tertiary/aromatic N) is 2. The summed E-state index contributed by atoms with van der Waals surface area (Å²) in [6.45, 7) is 0. The van der Waals surface area contributed by atoms with Gasteiger partial charge in [0.2, 0.25) is 0 Å². The van der Waals surface area contributed by atoms with Crippen LogP contribution in [0, 0.1) is 49.4 Å². The summed E-state index contributed by atoms with van der Waals surface area (Å²) in [6, 6.07) is 47.7. The van der Waals surface area contributed by atoms with Crippen LogP contribution < -0.4 is 0 Å². The Labute approximate surface area is 298 Å². The molecule has 44 heavy (non-hydrogen) atoms. The van der Waals surface area contributed by atoms with Crippen molar-refractivity contribution in [3.8, 4) is 22.3 Å². The Balaban J connectivity index is 0.000000187. The van der Waals surface area contributed by atoms with Gasteiger partial charge in [0.1, 0.15) is 11.9 Å². The molecule has 2 heterocycles. The first-order valence-electron chi connectivity index (χ1n) is 14.2. The molecule has 2 N–H and O–H groups in total. The van der Waals surface area contributed by atoms with Crippen molar-refractivity contribution in [3.05, 3.63) is 175 Å². The summed E-state index contributed by atoms with van der Waals surface area (Å²) in [5.41, 5.74) is 8.10. The molecule has 1 atom stereocenters. The number of hydrogen-bond acceptors (Lipinski definition) is 4. The van der Waals surface area contributed by atoms with Crippen molar-refractivity contribution in [2.75, 3.05) is 0 Å². The van der Waals surface area contributed by atoms with E-state index in [-0.39, 0.29) is 55.1 Å². The van der Waals surface area contributed by atoms with E-state index < -0.39 is 6.10 Å². The van der Waals surface area contributed by atoms with Crippen LogP contribution in [0.3, 0.4) is 0 Å². The van der Waals surface area contributed by atoms with Gasteiger partial charge in [0.05, 0.1) is 11.0 Å². The predicted octanol–water partition coefficient (Wildman–Crippen LogP) is 9.44. The molecule has 0 amide bonds. The summed E-state index contributed by atoms with van der Waals surface area (Å²) in [5.74, 6) is 0.0851. The molecule has 0 saturated carbocycles. The molecule has 0 fully saturated rings. The van der Waals surface area contributed by atoms with E-state index in [9.17, 15) is 10.2 Å². The van der Waals surface area contributed by atoms with Gasteiger partial charge < -0.3 is 10.2 Å². The molecule has 0 bridgehead atoms. The monoisotopic (exact) mass is 711 g/mol. The summed E-state index contributed by atoms with van der Waals surface area (Å²) >= 11 is 0. The normalized spacial score (nSPS) is 11.7. The van der Waals surface area contributed by atoms with Crippen LogP contribution in [0.15, 0.2) is 164 Å². The minimum absolute atomic E-state index is 0. The van der Waals surface area contributed by atoms with Crippen molar-refractivity contribution >= 4 is 27.6 Å². The number of hydrogen-bond donors (Lipinski definition) is 2. The van der Waals surface area contributed by atoms with Crippen LogP contribution in [-0.4, -0.2) is 20.2 Å². The molecule has 5 heteroatoms. The summed E-state index contributed by atoms with van der Waals surface area (Å²) in [5, 5.41) is 22.0. The Bertz CT molecular complexity index is 1880. The van der Waals surface area contributed by atoms with Crippen LogP contribution in [0.4, 0.5) is 0 Å². The summed E-state index contributed by atoms with van der Waals surface area (Å²) < 4.78 is 0. The average Bonchev–Trinajstić information content (AvgIpc) is 3.09.